The number of anilines is 2. The highest BCUT2D eigenvalue weighted by atomic mass is 32.2. The first-order valence-corrected chi connectivity index (χ1v) is 7.16. The maximum absolute atomic E-state index is 12.2. The fourth-order valence-electron chi connectivity index (χ4n) is 1.61. The molecule has 0 aliphatic rings. The molecule has 0 saturated carbocycles. The first-order valence-electron chi connectivity index (χ1n) is 5.68. The van der Waals surface area contributed by atoms with Crippen molar-refractivity contribution in [3.05, 3.63) is 34.6 Å². The fraction of sp³-hybridized carbons (Fsp3) is 0.200. The molecule has 1 heterocycles. The topological polar surface area (TPSA) is 132 Å². The minimum Gasteiger partial charge on any atom is -0.383 e. The molecule has 0 spiro atoms. The van der Waals surface area contributed by atoms with Gasteiger partial charge in [0.2, 0.25) is 5.95 Å². The van der Waals surface area contributed by atoms with Crippen LogP contribution in [0.25, 0.3) is 0 Å². The van der Waals surface area contributed by atoms with Crippen LogP contribution in [0.4, 0.5) is 17.3 Å². The van der Waals surface area contributed by atoms with Crippen LogP contribution < -0.4 is 10.0 Å². The quantitative estimate of drug-likeness (QED) is 0.609. The standard InChI is InChI=1S/C10H12N6O4S/c1-11-8-4-3-7(5-9(8)16(17)18)21(19,20)14-10-12-6-13-15(10)2/h3-6,11H,1-2H3,(H,12,13,14). The van der Waals surface area contributed by atoms with Gasteiger partial charge in [0.05, 0.1) is 9.82 Å². The largest absolute Gasteiger partial charge is 0.383 e. The number of nitrogens with zero attached hydrogens (tertiary/aromatic N) is 4. The third kappa shape index (κ3) is 2.91. The van der Waals surface area contributed by atoms with E-state index in [1.165, 1.54) is 37.2 Å². The van der Waals surface area contributed by atoms with Crippen molar-refractivity contribution in [1.82, 2.24) is 14.8 Å². The van der Waals surface area contributed by atoms with Crippen molar-refractivity contribution >= 4 is 27.3 Å². The number of nitrogens with one attached hydrogen (secondary N) is 2. The molecule has 0 amide bonds. The van der Waals surface area contributed by atoms with E-state index < -0.39 is 14.9 Å². The minimum absolute atomic E-state index is 0.00958. The van der Waals surface area contributed by atoms with Crippen LogP contribution in [0.5, 0.6) is 0 Å². The summed E-state index contributed by atoms with van der Waals surface area (Å²) in [5.74, 6) is 0.00958. The number of nitro benzene ring substituents is 1. The van der Waals surface area contributed by atoms with Crippen molar-refractivity contribution in [2.24, 2.45) is 7.05 Å². The second kappa shape index (κ2) is 5.36. The maximum atomic E-state index is 12.2. The summed E-state index contributed by atoms with van der Waals surface area (Å²) in [6.45, 7) is 0. The summed E-state index contributed by atoms with van der Waals surface area (Å²) >= 11 is 0. The lowest BCUT2D eigenvalue weighted by Crippen LogP contribution is -2.16. The number of hydrogen-bond acceptors (Lipinski definition) is 7. The highest BCUT2D eigenvalue weighted by molar-refractivity contribution is 7.92. The molecule has 2 rings (SSSR count). The summed E-state index contributed by atoms with van der Waals surface area (Å²) in [7, 11) is -0.973. The first-order chi connectivity index (χ1) is 9.85. The summed E-state index contributed by atoms with van der Waals surface area (Å²) in [4.78, 5) is 13.8. The van der Waals surface area contributed by atoms with Gasteiger partial charge in [-0.05, 0) is 12.1 Å². The molecule has 11 heteroatoms. The summed E-state index contributed by atoms with van der Waals surface area (Å²) < 4.78 is 27.8. The third-order valence-electron chi connectivity index (χ3n) is 2.68. The molecule has 0 radical (unpaired) electrons. The third-order valence-corrected chi connectivity index (χ3v) is 4.01. The Kier molecular flexibility index (Phi) is 3.76. The van der Waals surface area contributed by atoms with E-state index in [-0.39, 0.29) is 22.2 Å². The normalized spacial score (nSPS) is 11.1. The van der Waals surface area contributed by atoms with E-state index in [4.69, 9.17) is 0 Å². The minimum atomic E-state index is -3.99. The van der Waals surface area contributed by atoms with Crippen LogP contribution in [0, 0.1) is 10.1 Å². The van der Waals surface area contributed by atoms with Crippen molar-refractivity contribution in [3.63, 3.8) is 0 Å². The number of rotatable bonds is 5. The Bertz CT molecular complexity index is 785. The summed E-state index contributed by atoms with van der Waals surface area (Å²) in [5, 5.41) is 17.3. The molecule has 0 atom stereocenters. The Morgan fingerprint density at radius 3 is 2.62 bits per heavy atom. The van der Waals surface area contributed by atoms with E-state index in [0.29, 0.717) is 0 Å². The average Bonchev–Trinajstić information content (AvgIpc) is 2.82. The molecule has 21 heavy (non-hydrogen) atoms. The zero-order valence-corrected chi connectivity index (χ0v) is 12.0. The summed E-state index contributed by atoms with van der Waals surface area (Å²) in [5.41, 5.74) is -0.115. The molecule has 0 saturated heterocycles. The van der Waals surface area contributed by atoms with Crippen LogP contribution in [0.1, 0.15) is 0 Å². The molecule has 10 nitrogen and oxygen atoms in total. The van der Waals surface area contributed by atoms with E-state index in [1.807, 2.05) is 0 Å². The van der Waals surface area contributed by atoms with Crippen LogP contribution in [-0.4, -0.2) is 35.2 Å². The Hall–Kier alpha value is -2.69. The van der Waals surface area contributed by atoms with Gasteiger partial charge in [-0.2, -0.15) is 10.1 Å². The summed E-state index contributed by atoms with van der Waals surface area (Å²) in [6, 6.07) is 3.56. The number of aromatic nitrogens is 3. The smallest absolute Gasteiger partial charge is 0.293 e. The number of nitro groups is 1. The van der Waals surface area contributed by atoms with Crippen molar-refractivity contribution in [2.45, 2.75) is 4.90 Å². The maximum Gasteiger partial charge on any atom is 0.293 e. The second-order valence-corrected chi connectivity index (χ2v) is 5.68. The number of hydrogen-bond donors (Lipinski definition) is 2. The van der Waals surface area contributed by atoms with Crippen LogP contribution in [0.3, 0.4) is 0 Å². The lowest BCUT2D eigenvalue weighted by atomic mass is 10.3. The monoisotopic (exact) mass is 312 g/mol. The molecule has 0 bridgehead atoms. The highest BCUT2D eigenvalue weighted by Crippen LogP contribution is 2.27. The lowest BCUT2D eigenvalue weighted by molar-refractivity contribution is -0.384. The number of benzene rings is 1. The van der Waals surface area contributed by atoms with E-state index in [2.05, 4.69) is 20.1 Å². The molecule has 2 N–H and O–H groups in total. The molecule has 112 valence electrons. The second-order valence-electron chi connectivity index (χ2n) is 4.00. The van der Waals surface area contributed by atoms with Crippen molar-refractivity contribution < 1.29 is 13.3 Å². The SMILES string of the molecule is CNc1ccc(S(=O)(=O)Nc2ncnn2C)cc1[N+](=O)[O-]. The summed E-state index contributed by atoms with van der Waals surface area (Å²) in [6.07, 6.45) is 1.18. The number of sulfonamides is 1. The number of aryl methyl sites for hydroxylation is 1. The van der Waals surface area contributed by atoms with Crippen molar-refractivity contribution in [3.8, 4) is 0 Å². The lowest BCUT2D eigenvalue weighted by Gasteiger charge is -2.08. The van der Waals surface area contributed by atoms with Gasteiger partial charge in [0.25, 0.3) is 15.7 Å². The zero-order valence-electron chi connectivity index (χ0n) is 11.1. The molecule has 0 aliphatic heterocycles. The van der Waals surface area contributed by atoms with Gasteiger partial charge in [-0.1, -0.05) is 0 Å². The van der Waals surface area contributed by atoms with Crippen LogP contribution in [0.2, 0.25) is 0 Å². The molecular formula is C10H12N6O4S. The van der Waals surface area contributed by atoms with Gasteiger partial charge in [0, 0.05) is 20.2 Å². The van der Waals surface area contributed by atoms with Gasteiger partial charge >= 0.3 is 0 Å². The zero-order chi connectivity index (χ0) is 15.6. The molecule has 0 aliphatic carbocycles. The van der Waals surface area contributed by atoms with Gasteiger partial charge in [-0.15, -0.1) is 0 Å². The molecule has 1 aromatic carbocycles. The first kappa shape index (κ1) is 14.7. The molecule has 0 fully saturated rings. The van der Waals surface area contributed by atoms with Gasteiger partial charge in [-0.3, -0.25) is 10.1 Å². The Morgan fingerprint density at radius 2 is 2.10 bits per heavy atom. The average molecular weight is 312 g/mol. The molecule has 2 aromatic rings. The predicted octanol–water partition coefficient (Wildman–Crippen LogP) is 0.566. The van der Waals surface area contributed by atoms with Gasteiger partial charge in [-0.25, -0.2) is 17.8 Å². The van der Waals surface area contributed by atoms with E-state index in [0.717, 1.165) is 6.07 Å². The van der Waals surface area contributed by atoms with Crippen LogP contribution >= 0.6 is 0 Å². The Morgan fingerprint density at radius 1 is 1.38 bits per heavy atom. The predicted molar refractivity (Wildman–Crippen MR) is 74.5 cm³/mol. The van der Waals surface area contributed by atoms with Crippen molar-refractivity contribution in [1.29, 1.82) is 0 Å². The van der Waals surface area contributed by atoms with Crippen molar-refractivity contribution in [2.75, 3.05) is 17.1 Å². The fourth-order valence-corrected chi connectivity index (χ4v) is 2.67. The Labute approximate surface area is 120 Å². The van der Waals surface area contributed by atoms with Crippen LogP contribution in [-0.2, 0) is 17.1 Å². The van der Waals surface area contributed by atoms with E-state index in [9.17, 15) is 18.5 Å². The highest BCUT2D eigenvalue weighted by Gasteiger charge is 2.22. The van der Waals surface area contributed by atoms with E-state index >= 15 is 0 Å². The van der Waals surface area contributed by atoms with Gasteiger partial charge in [0.1, 0.15) is 12.0 Å². The Balaban J connectivity index is 2.43. The van der Waals surface area contributed by atoms with Gasteiger partial charge in [0.15, 0.2) is 0 Å². The van der Waals surface area contributed by atoms with E-state index in [1.54, 1.807) is 0 Å². The van der Waals surface area contributed by atoms with Crippen LogP contribution in [0.15, 0.2) is 29.4 Å². The molecular weight excluding hydrogens is 300 g/mol. The molecule has 0 unspecified atom stereocenters. The van der Waals surface area contributed by atoms with Gasteiger partial charge < -0.3 is 5.32 Å². The molecule has 1 aromatic heterocycles.